The lowest BCUT2D eigenvalue weighted by Gasteiger charge is -2.28. The van der Waals surface area contributed by atoms with E-state index in [1.807, 2.05) is 25.1 Å². The van der Waals surface area contributed by atoms with Crippen LogP contribution in [0.1, 0.15) is 22.5 Å². The highest BCUT2D eigenvalue weighted by atomic mass is 15.3. The largest absolute Gasteiger partial charge is 0.368 e. The lowest BCUT2D eigenvalue weighted by molar-refractivity contribution is 0.256. The Kier molecular flexibility index (Phi) is 3.79. The number of hydrogen-bond acceptors (Lipinski definition) is 5. The van der Waals surface area contributed by atoms with Crippen LogP contribution in [0.4, 0.5) is 5.95 Å². The molecule has 27 heavy (non-hydrogen) atoms. The van der Waals surface area contributed by atoms with Crippen molar-refractivity contribution < 1.29 is 0 Å². The third-order valence-electron chi connectivity index (χ3n) is 5.43. The fraction of sp³-hybridized carbons (Fsp3) is 0.286. The van der Waals surface area contributed by atoms with Crippen molar-refractivity contribution in [1.82, 2.24) is 24.5 Å². The molecule has 5 rings (SSSR count). The summed E-state index contributed by atoms with van der Waals surface area (Å²) in [4.78, 5) is 11.8. The van der Waals surface area contributed by atoms with Gasteiger partial charge in [-0.05, 0) is 36.1 Å². The number of aromatic nitrogens is 4. The standard InChI is InChI=1S/C21H22N6/c1-14-5-4-8-17-19(14)24-21(22)27-20(17)23-18(25-27)10-12-26-11-9-15-6-2-3-7-16(15)13-26/h2-8H,9-13H2,1H3,(H2,22,24). The Morgan fingerprint density at radius 3 is 2.78 bits per heavy atom. The molecule has 0 fully saturated rings. The minimum Gasteiger partial charge on any atom is -0.368 e. The summed E-state index contributed by atoms with van der Waals surface area (Å²) in [6.07, 6.45) is 1.91. The highest BCUT2D eigenvalue weighted by Crippen LogP contribution is 2.23. The van der Waals surface area contributed by atoms with Gasteiger partial charge < -0.3 is 5.73 Å². The Bertz CT molecular complexity index is 1150. The van der Waals surface area contributed by atoms with E-state index < -0.39 is 0 Å². The van der Waals surface area contributed by atoms with Crippen molar-refractivity contribution in [1.29, 1.82) is 0 Å². The smallest absolute Gasteiger partial charge is 0.223 e. The average molecular weight is 358 g/mol. The van der Waals surface area contributed by atoms with Crippen molar-refractivity contribution in [3.63, 3.8) is 0 Å². The molecule has 2 aromatic carbocycles. The van der Waals surface area contributed by atoms with E-state index in [1.54, 1.807) is 4.52 Å². The minimum absolute atomic E-state index is 0.387. The number of nitrogens with two attached hydrogens (primary N) is 1. The van der Waals surface area contributed by atoms with Crippen LogP contribution in [-0.2, 0) is 19.4 Å². The van der Waals surface area contributed by atoms with E-state index in [4.69, 9.17) is 10.7 Å². The quantitative estimate of drug-likeness (QED) is 0.610. The number of fused-ring (bicyclic) bond motifs is 4. The first kappa shape index (κ1) is 16.2. The molecule has 0 radical (unpaired) electrons. The number of nitrogen functional groups attached to an aromatic ring is 1. The van der Waals surface area contributed by atoms with Crippen LogP contribution >= 0.6 is 0 Å². The second-order valence-corrected chi connectivity index (χ2v) is 7.25. The van der Waals surface area contributed by atoms with Crippen LogP contribution in [0.5, 0.6) is 0 Å². The number of benzene rings is 2. The summed E-state index contributed by atoms with van der Waals surface area (Å²) in [6, 6.07) is 14.8. The zero-order valence-electron chi connectivity index (χ0n) is 15.4. The predicted molar refractivity (Wildman–Crippen MR) is 107 cm³/mol. The molecule has 0 saturated heterocycles. The predicted octanol–water partition coefficient (Wildman–Crippen LogP) is 2.77. The molecule has 0 spiro atoms. The number of rotatable bonds is 3. The second kappa shape index (κ2) is 6.32. The van der Waals surface area contributed by atoms with Crippen LogP contribution in [0.25, 0.3) is 16.6 Å². The molecule has 6 nitrogen and oxygen atoms in total. The lowest BCUT2D eigenvalue weighted by atomic mass is 10.00. The average Bonchev–Trinajstić information content (AvgIpc) is 3.13. The van der Waals surface area contributed by atoms with E-state index in [2.05, 4.69) is 39.2 Å². The first-order chi connectivity index (χ1) is 13.2. The molecule has 2 N–H and O–H groups in total. The van der Waals surface area contributed by atoms with Crippen molar-refractivity contribution in [3.05, 3.63) is 65.0 Å². The van der Waals surface area contributed by atoms with Crippen LogP contribution in [0.15, 0.2) is 42.5 Å². The molecular formula is C21H22N6. The summed E-state index contributed by atoms with van der Waals surface area (Å²) in [7, 11) is 0. The van der Waals surface area contributed by atoms with Crippen LogP contribution in [0, 0.1) is 6.92 Å². The molecule has 2 aromatic heterocycles. The van der Waals surface area contributed by atoms with E-state index in [0.717, 1.165) is 60.4 Å². The molecule has 0 saturated carbocycles. The van der Waals surface area contributed by atoms with Crippen LogP contribution in [0.3, 0.4) is 0 Å². The summed E-state index contributed by atoms with van der Waals surface area (Å²) >= 11 is 0. The summed E-state index contributed by atoms with van der Waals surface area (Å²) in [5, 5.41) is 5.61. The molecule has 0 bridgehead atoms. The Hall–Kier alpha value is -2.99. The third kappa shape index (κ3) is 2.82. The fourth-order valence-corrected chi connectivity index (χ4v) is 3.95. The maximum atomic E-state index is 6.14. The Balaban J connectivity index is 1.41. The van der Waals surface area contributed by atoms with E-state index in [0.29, 0.717) is 5.95 Å². The van der Waals surface area contributed by atoms with Gasteiger partial charge >= 0.3 is 0 Å². The SMILES string of the molecule is Cc1cccc2c1nc(N)n1nc(CCN3CCc4ccccc4C3)nc21. The molecule has 0 aliphatic carbocycles. The molecule has 1 aliphatic rings. The van der Waals surface area contributed by atoms with Gasteiger partial charge in [-0.15, -0.1) is 5.10 Å². The Labute approximate surface area is 157 Å². The van der Waals surface area contributed by atoms with Crippen LogP contribution < -0.4 is 5.73 Å². The first-order valence-corrected chi connectivity index (χ1v) is 9.38. The highest BCUT2D eigenvalue weighted by Gasteiger charge is 2.17. The molecule has 3 heterocycles. The number of anilines is 1. The topological polar surface area (TPSA) is 72.3 Å². The zero-order chi connectivity index (χ0) is 18.4. The van der Waals surface area contributed by atoms with Gasteiger partial charge in [-0.2, -0.15) is 4.52 Å². The first-order valence-electron chi connectivity index (χ1n) is 9.38. The monoisotopic (exact) mass is 358 g/mol. The van der Waals surface area contributed by atoms with Gasteiger partial charge in [0.25, 0.3) is 0 Å². The van der Waals surface area contributed by atoms with Gasteiger partial charge in [-0.1, -0.05) is 36.4 Å². The lowest BCUT2D eigenvalue weighted by Crippen LogP contribution is -2.32. The fourth-order valence-electron chi connectivity index (χ4n) is 3.95. The van der Waals surface area contributed by atoms with Gasteiger partial charge in [-0.3, -0.25) is 4.90 Å². The summed E-state index contributed by atoms with van der Waals surface area (Å²) in [5.74, 6) is 1.20. The van der Waals surface area contributed by atoms with Gasteiger partial charge in [-0.25, -0.2) is 9.97 Å². The normalized spacial score (nSPS) is 14.7. The number of nitrogens with zero attached hydrogens (tertiary/aromatic N) is 5. The van der Waals surface area contributed by atoms with Crippen molar-refractivity contribution in [3.8, 4) is 0 Å². The molecule has 0 unspecified atom stereocenters. The maximum absolute atomic E-state index is 6.14. The van der Waals surface area contributed by atoms with E-state index in [-0.39, 0.29) is 0 Å². The number of hydrogen-bond donors (Lipinski definition) is 1. The van der Waals surface area contributed by atoms with Crippen LogP contribution in [0.2, 0.25) is 0 Å². The molecule has 0 atom stereocenters. The summed E-state index contributed by atoms with van der Waals surface area (Å²) < 4.78 is 1.67. The maximum Gasteiger partial charge on any atom is 0.223 e. The van der Waals surface area contributed by atoms with E-state index in [1.165, 1.54) is 11.1 Å². The van der Waals surface area contributed by atoms with Crippen molar-refractivity contribution in [2.75, 3.05) is 18.8 Å². The van der Waals surface area contributed by atoms with Gasteiger partial charge in [0.2, 0.25) is 5.95 Å². The van der Waals surface area contributed by atoms with E-state index in [9.17, 15) is 0 Å². The van der Waals surface area contributed by atoms with Crippen molar-refractivity contribution in [2.45, 2.75) is 26.3 Å². The molecular weight excluding hydrogens is 336 g/mol. The molecule has 1 aliphatic heterocycles. The molecule has 4 aromatic rings. The summed E-state index contributed by atoms with van der Waals surface area (Å²) in [5.41, 5.74) is 11.8. The third-order valence-corrected chi connectivity index (χ3v) is 5.43. The van der Waals surface area contributed by atoms with Gasteiger partial charge in [0, 0.05) is 31.4 Å². The number of para-hydroxylation sites is 1. The minimum atomic E-state index is 0.387. The second-order valence-electron chi connectivity index (χ2n) is 7.25. The molecule has 136 valence electrons. The Morgan fingerprint density at radius 2 is 1.89 bits per heavy atom. The Morgan fingerprint density at radius 1 is 1.04 bits per heavy atom. The highest BCUT2D eigenvalue weighted by molar-refractivity contribution is 5.93. The van der Waals surface area contributed by atoms with Gasteiger partial charge in [0.05, 0.1) is 5.52 Å². The molecule has 0 amide bonds. The van der Waals surface area contributed by atoms with E-state index >= 15 is 0 Å². The van der Waals surface area contributed by atoms with Crippen LogP contribution in [-0.4, -0.2) is 37.6 Å². The van der Waals surface area contributed by atoms with Crippen molar-refractivity contribution >= 4 is 22.5 Å². The molecule has 6 heteroatoms. The number of aryl methyl sites for hydroxylation is 1. The zero-order valence-corrected chi connectivity index (χ0v) is 15.4. The van der Waals surface area contributed by atoms with Gasteiger partial charge in [0.15, 0.2) is 11.5 Å². The van der Waals surface area contributed by atoms with Gasteiger partial charge in [0.1, 0.15) is 0 Å². The van der Waals surface area contributed by atoms with Crippen molar-refractivity contribution in [2.24, 2.45) is 0 Å². The summed E-state index contributed by atoms with van der Waals surface area (Å²) in [6.45, 7) is 5.05.